The van der Waals surface area contributed by atoms with E-state index in [0.717, 1.165) is 53.9 Å². The summed E-state index contributed by atoms with van der Waals surface area (Å²) in [6.45, 7) is 5.30. The number of halogens is 2. The highest BCUT2D eigenvalue weighted by Crippen LogP contribution is 2.36. The number of nitrogens with zero attached hydrogens (tertiary/aromatic N) is 4. The molecular weight excluding hydrogens is 400 g/mol. The van der Waals surface area contributed by atoms with Gasteiger partial charge in [-0.15, -0.1) is 5.10 Å². The quantitative estimate of drug-likeness (QED) is 0.633. The van der Waals surface area contributed by atoms with Crippen molar-refractivity contribution in [3.8, 4) is 0 Å². The summed E-state index contributed by atoms with van der Waals surface area (Å²) in [4.78, 5) is 7.13. The van der Waals surface area contributed by atoms with Crippen molar-refractivity contribution in [1.82, 2.24) is 15.2 Å². The number of nitrogens with one attached hydrogen (secondary N) is 1. The maximum absolute atomic E-state index is 13.1. The Morgan fingerprint density at radius 3 is 2.58 bits per heavy atom. The van der Waals surface area contributed by atoms with Gasteiger partial charge >= 0.3 is 0 Å². The van der Waals surface area contributed by atoms with Gasteiger partial charge in [0.1, 0.15) is 0 Å². The van der Waals surface area contributed by atoms with E-state index in [4.69, 9.17) is 9.72 Å². The zero-order valence-electron chi connectivity index (χ0n) is 17.6. The van der Waals surface area contributed by atoms with Gasteiger partial charge < -0.3 is 15.0 Å². The molecule has 162 valence electrons. The summed E-state index contributed by atoms with van der Waals surface area (Å²) in [6, 6.07) is 9.11. The van der Waals surface area contributed by atoms with Crippen LogP contribution in [0.2, 0.25) is 0 Å². The van der Waals surface area contributed by atoms with Gasteiger partial charge in [-0.3, -0.25) is 4.98 Å². The number of morpholine rings is 1. The van der Waals surface area contributed by atoms with E-state index in [-0.39, 0.29) is 11.6 Å². The van der Waals surface area contributed by atoms with Crippen molar-refractivity contribution in [3.05, 3.63) is 53.3 Å². The lowest BCUT2D eigenvalue weighted by molar-refractivity contribution is 0.0906. The van der Waals surface area contributed by atoms with E-state index in [1.54, 1.807) is 6.07 Å². The first-order valence-electron chi connectivity index (χ1n) is 10.6. The van der Waals surface area contributed by atoms with E-state index in [0.29, 0.717) is 17.9 Å². The predicted octanol–water partition coefficient (Wildman–Crippen LogP) is 4.81. The Morgan fingerprint density at radius 2 is 1.84 bits per heavy atom. The predicted molar refractivity (Wildman–Crippen MR) is 116 cm³/mol. The van der Waals surface area contributed by atoms with Crippen molar-refractivity contribution in [2.45, 2.75) is 51.2 Å². The van der Waals surface area contributed by atoms with Crippen LogP contribution in [0.25, 0.3) is 10.9 Å². The molecule has 0 spiro atoms. The molecule has 6 nitrogen and oxygen atoms in total. The third-order valence-corrected chi connectivity index (χ3v) is 6.33. The summed E-state index contributed by atoms with van der Waals surface area (Å²) >= 11 is 0. The van der Waals surface area contributed by atoms with Crippen LogP contribution >= 0.6 is 0 Å². The first-order valence-corrected chi connectivity index (χ1v) is 10.6. The van der Waals surface area contributed by atoms with Crippen molar-refractivity contribution < 1.29 is 13.5 Å². The SMILES string of the molecule is Cc1nnc(NC(C)c2cccc(C(F)F)c2)c2cc(N3C4CCC3COC4)cnc12. The van der Waals surface area contributed by atoms with Gasteiger partial charge in [-0.2, -0.15) is 5.10 Å². The standard InChI is InChI=1S/C23H25F2N5O/c1-13(15-4-3-5-16(8-15)22(24)25)27-23-20-9-19(10-26-21(20)14(2)28-29-23)30-17-6-7-18(30)12-31-11-17/h3-5,8-10,13,17-18,22H,6-7,11-12H2,1-2H3,(H,27,29). The number of hydrogen-bond acceptors (Lipinski definition) is 6. The van der Waals surface area contributed by atoms with Crippen molar-refractivity contribution in [3.63, 3.8) is 0 Å². The number of aromatic nitrogens is 3. The fourth-order valence-corrected chi connectivity index (χ4v) is 4.70. The fourth-order valence-electron chi connectivity index (χ4n) is 4.70. The molecule has 2 aliphatic rings. The second-order valence-electron chi connectivity index (χ2n) is 8.39. The van der Waals surface area contributed by atoms with Crippen LogP contribution in [0.1, 0.15) is 49.1 Å². The number of hydrogen-bond donors (Lipinski definition) is 1. The molecule has 4 heterocycles. The van der Waals surface area contributed by atoms with E-state index in [9.17, 15) is 8.78 Å². The average molecular weight is 425 g/mol. The second kappa shape index (κ2) is 8.00. The molecule has 1 N–H and O–H groups in total. The van der Waals surface area contributed by atoms with Crippen molar-refractivity contribution in [2.75, 3.05) is 23.4 Å². The Kier molecular flexibility index (Phi) is 5.17. The number of fused-ring (bicyclic) bond motifs is 3. The molecule has 3 unspecified atom stereocenters. The van der Waals surface area contributed by atoms with Crippen LogP contribution in [-0.2, 0) is 4.74 Å². The normalized spacial score (nSPS) is 21.6. The zero-order valence-corrected chi connectivity index (χ0v) is 17.6. The van der Waals surface area contributed by atoms with E-state index in [2.05, 4.69) is 26.5 Å². The van der Waals surface area contributed by atoms with Gasteiger partial charge in [-0.1, -0.05) is 18.2 Å². The minimum atomic E-state index is -2.50. The molecule has 3 aromatic rings. The molecule has 2 aliphatic heterocycles. The second-order valence-corrected chi connectivity index (χ2v) is 8.39. The van der Waals surface area contributed by atoms with Crippen LogP contribution in [0.3, 0.4) is 0 Å². The van der Waals surface area contributed by atoms with Crippen LogP contribution in [-0.4, -0.2) is 40.5 Å². The van der Waals surface area contributed by atoms with Gasteiger partial charge in [0.2, 0.25) is 0 Å². The number of pyridine rings is 1. The first-order chi connectivity index (χ1) is 15.0. The molecule has 8 heteroatoms. The number of rotatable bonds is 5. The maximum Gasteiger partial charge on any atom is 0.263 e. The summed E-state index contributed by atoms with van der Waals surface area (Å²) in [5, 5.41) is 12.9. The minimum Gasteiger partial charge on any atom is -0.377 e. The Bertz CT molecular complexity index is 1090. The molecule has 2 saturated heterocycles. The molecule has 0 saturated carbocycles. The number of benzene rings is 1. The lowest BCUT2D eigenvalue weighted by Gasteiger charge is -2.36. The minimum absolute atomic E-state index is 0.0118. The molecule has 2 aromatic heterocycles. The van der Waals surface area contributed by atoms with Gasteiger partial charge in [0, 0.05) is 10.9 Å². The van der Waals surface area contributed by atoms with Crippen molar-refractivity contribution >= 4 is 22.4 Å². The summed E-state index contributed by atoms with van der Waals surface area (Å²) in [6.07, 6.45) is 1.66. The maximum atomic E-state index is 13.1. The highest BCUT2D eigenvalue weighted by Gasteiger charge is 2.37. The highest BCUT2D eigenvalue weighted by molar-refractivity contribution is 5.92. The number of ether oxygens (including phenoxy) is 1. The van der Waals surface area contributed by atoms with Crippen LogP contribution in [0.15, 0.2) is 36.5 Å². The molecule has 31 heavy (non-hydrogen) atoms. The Hall–Kier alpha value is -2.87. The number of anilines is 2. The largest absolute Gasteiger partial charge is 0.377 e. The molecule has 1 aromatic carbocycles. The molecule has 5 rings (SSSR count). The van der Waals surface area contributed by atoms with Gasteiger partial charge in [0.25, 0.3) is 6.43 Å². The third-order valence-electron chi connectivity index (χ3n) is 6.33. The summed E-state index contributed by atoms with van der Waals surface area (Å²) in [5.74, 6) is 0.602. The van der Waals surface area contributed by atoms with Gasteiger partial charge in [-0.25, -0.2) is 8.78 Å². The molecule has 0 amide bonds. The first kappa shape index (κ1) is 20.1. The fraction of sp³-hybridized carbons (Fsp3) is 0.435. The molecule has 0 radical (unpaired) electrons. The Morgan fingerprint density at radius 1 is 1.10 bits per heavy atom. The van der Waals surface area contributed by atoms with Crippen LogP contribution < -0.4 is 10.2 Å². The molecule has 0 aliphatic carbocycles. The lowest BCUT2D eigenvalue weighted by Crippen LogP contribution is -2.45. The lowest BCUT2D eigenvalue weighted by atomic mass is 10.0. The van der Waals surface area contributed by atoms with Crippen molar-refractivity contribution in [1.29, 1.82) is 0 Å². The Labute approximate surface area is 179 Å². The van der Waals surface area contributed by atoms with Gasteiger partial charge in [-0.05, 0) is 44.4 Å². The molecule has 2 bridgehead atoms. The van der Waals surface area contributed by atoms with Crippen LogP contribution in [0.4, 0.5) is 20.3 Å². The van der Waals surface area contributed by atoms with Crippen LogP contribution in [0, 0.1) is 6.92 Å². The molecule has 3 atom stereocenters. The highest BCUT2D eigenvalue weighted by atomic mass is 19.3. The monoisotopic (exact) mass is 425 g/mol. The van der Waals surface area contributed by atoms with Gasteiger partial charge in [0.15, 0.2) is 5.82 Å². The molecule has 2 fully saturated rings. The zero-order chi connectivity index (χ0) is 21.5. The van der Waals surface area contributed by atoms with E-state index in [1.807, 2.05) is 26.1 Å². The van der Waals surface area contributed by atoms with Crippen molar-refractivity contribution in [2.24, 2.45) is 0 Å². The summed E-state index contributed by atoms with van der Waals surface area (Å²) < 4.78 is 31.9. The van der Waals surface area contributed by atoms with E-state index in [1.165, 1.54) is 12.1 Å². The molecular formula is C23H25F2N5O. The average Bonchev–Trinajstić information content (AvgIpc) is 3.03. The summed E-state index contributed by atoms with van der Waals surface area (Å²) in [7, 11) is 0. The topological polar surface area (TPSA) is 63.2 Å². The number of alkyl halides is 2. The van der Waals surface area contributed by atoms with E-state index >= 15 is 0 Å². The number of aryl methyl sites for hydroxylation is 1. The third kappa shape index (κ3) is 3.69. The van der Waals surface area contributed by atoms with E-state index < -0.39 is 6.43 Å². The summed E-state index contributed by atoms with van der Waals surface area (Å²) in [5.41, 5.74) is 3.38. The Balaban J connectivity index is 1.50. The van der Waals surface area contributed by atoms with Crippen LogP contribution in [0.5, 0.6) is 0 Å². The smallest absolute Gasteiger partial charge is 0.263 e. The van der Waals surface area contributed by atoms with Gasteiger partial charge in [0.05, 0.1) is 54.4 Å².